The number of nitrogens with one attached hydrogen (secondary N) is 1. The number of hydrogen-bond acceptors (Lipinski definition) is 4. The average Bonchev–Trinajstić information content (AvgIpc) is 2.75. The molecule has 5 nitrogen and oxygen atoms in total. The van der Waals surface area contributed by atoms with Gasteiger partial charge in [-0.3, -0.25) is 4.79 Å². The monoisotopic (exact) mass is 374 g/mol. The molecule has 0 radical (unpaired) electrons. The number of carbonyl (C=O) groups excluding carboxylic acids is 1. The van der Waals surface area contributed by atoms with Crippen LogP contribution in [0.5, 0.6) is 0 Å². The van der Waals surface area contributed by atoms with E-state index in [-0.39, 0.29) is 34.3 Å². The minimum atomic E-state index is -3.62. The predicted octanol–water partition coefficient (Wildman–Crippen LogP) is 2.00. The summed E-state index contributed by atoms with van der Waals surface area (Å²) in [6.45, 7) is 4.71. The molecule has 3 N–H and O–H groups in total. The van der Waals surface area contributed by atoms with Crippen molar-refractivity contribution in [2.24, 2.45) is 33.3 Å². The molecule has 4 aliphatic rings. The number of sulfonamides is 1. The van der Waals surface area contributed by atoms with Crippen LogP contribution in [0.2, 0.25) is 0 Å². The minimum absolute atomic E-state index is 0.0518. The fraction of sp³-hybridized carbons (Fsp3) is 0.650. The standard InChI is InChI=1S/C20H26N2O3S/c1-17-9-14-8-16(23)19(11-18(17,2)20(14,17)19)12-26(24,25)22-15(10-21)13-6-4-3-5-7-13/h3-7,14-15,22H,8-12,21H2,1-2H3. The fourth-order valence-electron chi connectivity index (χ4n) is 8.05. The van der Waals surface area contributed by atoms with Gasteiger partial charge in [-0.1, -0.05) is 44.2 Å². The molecular formula is C20H26N2O3S. The summed E-state index contributed by atoms with van der Waals surface area (Å²) in [4.78, 5) is 12.9. The SMILES string of the molecule is CC12CC3CC(=O)C4(CS(=O)(=O)NC(CN)c5ccccc5)CC1(C)C342. The molecule has 5 rings (SSSR count). The molecule has 0 aliphatic heterocycles. The summed E-state index contributed by atoms with van der Waals surface area (Å²) >= 11 is 0. The molecule has 1 spiro atoms. The van der Waals surface area contributed by atoms with Crippen LogP contribution in [0.3, 0.4) is 0 Å². The van der Waals surface area contributed by atoms with E-state index in [0.717, 1.165) is 18.4 Å². The van der Waals surface area contributed by atoms with Gasteiger partial charge in [0.25, 0.3) is 0 Å². The quantitative estimate of drug-likeness (QED) is 0.797. The summed E-state index contributed by atoms with van der Waals surface area (Å²) in [5, 5.41) is 0. The molecule has 0 heterocycles. The highest BCUT2D eigenvalue weighted by Gasteiger charge is 3.05. The topological polar surface area (TPSA) is 89.3 Å². The summed E-state index contributed by atoms with van der Waals surface area (Å²) < 4.78 is 28.8. The second-order valence-corrected chi connectivity index (χ2v) is 11.1. The largest absolute Gasteiger partial charge is 0.329 e. The van der Waals surface area contributed by atoms with E-state index >= 15 is 0 Å². The van der Waals surface area contributed by atoms with Gasteiger partial charge in [0.1, 0.15) is 5.78 Å². The van der Waals surface area contributed by atoms with E-state index in [1.165, 1.54) is 0 Å². The van der Waals surface area contributed by atoms with Crippen molar-refractivity contribution in [2.45, 2.75) is 39.2 Å². The molecule has 0 bridgehead atoms. The molecule has 1 aromatic rings. The zero-order chi connectivity index (χ0) is 18.6. The molecular weight excluding hydrogens is 348 g/mol. The minimum Gasteiger partial charge on any atom is -0.329 e. The highest BCUT2D eigenvalue weighted by atomic mass is 32.2. The van der Waals surface area contributed by atoms with Crippen molar-refractivity contribution in [1.29, 1.82) is 0 Å². The summed E-state index contributed by atoms with van der Waals surface area (Å²) in [7, 11) is -3.62. The highest BCUT2D eigenvalue weighted by molar-refractivity contribution is 7.89. The molecule has 6 atom stereocenters. The number of rotatable bonds is 6. The predicted molar refractivity (Wildman–Crippen MR) is 98.6 cm³/mol. The van der Waals surface area contributed by atoms with E-state index in [1.54, 1.807) is 0 Å². The molecule has 4 saturated carbocycles. The lowest BCUT2D eigenvalue weighted by molar-refractivity contribution is -0.136. The number of Topliss-reactive ketones (excluding diaryl/α,β-unsaturated/α-hetero) is 1. The maximum absolute atomic E-state index is 13.0. The summed E-state index contributed by atoms with van der Waals surface area (Å²) in [6.07, 6.45) is 2.38. The van der Waals surface area contributed by atoms with Gasteiger partial charge in [0.15, 0.2) is 0 Å². The van der Waals surface area contributed by atoms with Crippen molar-refractivity contribution in [1.82, 2.24) is 4.72 Å². The van der Waals surface area contributed by atoms with Gasteiger partial charge in [-0.05, 0) is 40.6 Å². The van der Waals surface area contributed by atoms with Crippen LogP contribution in [0.1, 0.15) is 44.7 Å². The zero-order valence-corrected chi connectivity index (χ0v) is 16.1. The van der Waals surface area contributed by atoms with Crippen LogP contribution in [0.4, 0.5) is 0 Å². The van der Waals surface area contributed by atoms with E-state index in [4.69, 9.17) is 5.73 Å². The van der Waals surface area contributed by atoms with Crippen LogP contribution in [0.15, 0.2) is 30.3 Å². The smallest absolute Gasteiger partial charge is 0.213 e. The Labute approximate surface area is 154 Å². The molecule has 0 saturated heterocycles. The Morgan fingerprint density at radius 2 is 1.92 bits per heavy atom. The number of carbonyl (C=O) groups is 1. The number of ketones is 1. The first kappa shape index (κ1) is 16.9. The summed E-state index contributed by atoms with van der Waals surface area (Å²) in [5.74, 6) is 0.494. The third kappa shape index (κ3) is 1.50. The molecule has 26 heavy (non-hydrogen) atoms. The third-order valence-electron chi connectivity index (χ3n) is 8.73. The van der Waals surface area contributed by atoms with Gasteiger partial charge < -0.3 is 5.73 Å². The van der Waals surface area contributed by atoms with Crippen LogP contribution in [0, 0.1) is 27.6 Å². The van der Waals surface area contributed by atoms with Gasteiger partial charge in [0, 0.05) is 13.0 Å². The van der Waals surface area contributed by atoms with Crippen LogP contribution in [0.25, 0.3) is 0 Å². The lowest BCUT2D eigenvalue weighted by Crippen LogP contribution is -2.56. The number of nitrogens with two attached hydrogens (primary N) is 1. The Hall–Kier alpha value is -1.24. The van der Waals surface area contributed by atoms with Crippen LogP contribution in [-0.4, -0.2) is 26.5 Å². The van der Waals surface area contributed by atoms with Crippen molar-refractivity contribution >= 4 is 15.8 Å². The zero-order valence-electron chi connectivity index (χ0n) is 15.3. The number of hydrogen-bond donors (Lipinski definition) is 2. The van der Waals surface area contributed by atoms with Gasteiger partial charge in [-0.15, -0.1) is 0 Å². The van der Waals surface area contributed by atoms with E-state index in [9.17, 15) is 13.2 Å². The molecule has 140 valence electrons. The first-order valence-corrected chi connectivity index (χ1v) is 11.1. The van der Waals surface area contributed by atoms with Crippen molar-refractivity contribution in [3.63, 3.8) is 0 Å². The van der Waals surface area contributed by atoms with Gasteiger partial charge >= 0.3 is 0 Å². The van der Waals surface area contributed by atoms with Gasteiger partial charge in [0.2, 0.25) is 10.0 Å². The van der Waals surface area contributed by atoms with Crippen molar-refractivity contribution in [3.8, 4) is 0 Å². The van der Waals surface area contributed by atoms with Crippen LogP contribution >= 0.6 is 0 Å². The normalized spacial score (nSPS) is 46.0. The molecule has 6 heteroatoms. The lowest BCUT2D eigenvalue weighted by Gasteiger charge is -2.52. The van der Waals surface area contributed by atoms with Gasteiger partial charge in [-0.2, -0.15) is 0 Å². The van der Waals surface area contributed by atoms with Crippen molar-refractivity contribution in [2.75, 3.05) is 12.3 Å². The molecule has 0 amide bonds. The Morgan fingerprint density at radius 3 is 2.50 bits per heavy atom. The van der Waals surface area contributed by atoms with Gasteiger partial charge in [-0.25, -0.2) is 13.1 Å². The van der Waals surface area contributed by atoms with Crippen LogP contribution in [-0.2, 0) is 14.8 Å². The van der Waals surface area contributed by atoms with E-state index in [1.807, 2.05) is 30.3 Å². The maximum atomic E-state index is 13.0. The number of fused-ring (bicyclic) bond motifs is 1. The Bertz CT molecular complexity index is 906. The highest BCUT2D eigenvalue weighted by Crippen LogP contribution is 3.06. The van der Waals surface area contributed by atoms with E-state index in [0.29, 0.717) is 12.3 Å². The molecule has 4 fully saturated rings. The molecule has 0 aromatic heterocycles. The molecule has 4 aliphatic carbocycles. The van der Waals surface area contributed by atoms with Crippen molar-refractivity contribution < 1.29 is 13.2 Å². The Kier molecular flexibility index (Phi) is 2.99. The summed E-state index contributed by atoms with van der Waals surface area (Å²) in [5.41, 5.74) is 6.30. The van der Waals surface area contributed by atoms with Gasteiger partial charge in [0.05, 0.1) is 17.2 Å². The lowest BCUT2D eigenvalue weighted by atomic mass is 9.51. The second-order valence-electron chi connectivity index (χ2n) is 9.34. The first-order valence-electron chi connectivity index (χ1n) is 9.46. The van der Waals surface area contributed by atoms with Crippen LogP contribution < -0.4 is 10.5 Å². The van der Waals surface area contributed by atoms with E-state index < -0.39 is 21.5 Å². The van der Waals surface area contributed by atoms with Crippen molar-refractivity contribution in [3.05, 3.63) is 35.9 Å². The Morgan fingerprint density at radius 1 is 1.23 bits per heavy atom. The molecule has 6 unspecified atom stereocenters. The molecule has 1 aromatic carbocycles. The third-order valence-corrected chi connectivity index (χ3v) is 10.3. The summed E-state index contributed by atoms with van der Waals surface area (Å²) in [6, 6.07) is 8.92. The Balaban J connectivity index is 1.42. The van der Waals surface area contributed by atoms with E-state index in [2.05, 4.69) is 18.6 Å². The first-order chi connectivity index (χ1) is 12.2. The maximum Gasteiger partial charge on any atom is 0.213 e. The fourth-order valence-corrected chi connectivity index (χ4v) is 9.94. The average molecular weight is 375 g/mol. The number of benzene rings is 1. The second kappa shape index (κ2) is 4.59.